The van der Waals surface area contributed by atoms with Crippen molar-refractivity contribution in [3.05, 3.63) is 66.0 Å². The molecule has 5 heterocycles. The van der Waals surface area contributed by atoms with Gasteiger partial charge in [0.05, 0.1) is 12.4 Å². The number of piperidine rings is 2. The molecule has 1 unspecified atom stereocenters. The van der Waals surface area contributed by atoms with Crippen LogP contribution in [0.1, 0.15) is 74.2 Å². The number of benzene rings is 2. The number of carbonyl (C=O) groups excluding carboxylic acids is 4. The van der Waals surface area contributed by atoms with Crippen molar-refractivity contribution in [1.82, 2.24) is 25.1 Å². The zero-order valence-corrected chi connectivity index (χ0v) is 31.7. The highest BCUT2D eigenvalue weighted by molar-refractivity contribution is 7.99. The molecular formula is C40H49N9O4S. The third-order valence-electron chi connectivity index (χ3n) is 11.9. The van der Waals surface area contributed by atoms with E-state index in [1.807, 2.05) is 48.8 Å². The molecule has 5 aliphatic rings. The molecule has 4 aliphatic heterocycles. The molecule has 0 radical (unpaired) electrons. The van der Waals surface area contributed by atoms with E-state index in [9.17, 15) is 19.2 Å². The summed E-state index contributed by atoms with van der Waals surface area (Å²) in [7, 11) is 0. The average molecular weight is 752 g/mol. The Morgan fingerprint density at radius 2 is 1.69 bits per heavy atom. The SMILES string of the molecule is CC1(N)CCN(c2cnc(Sc3cccc(NC(=O)C4CCC(N5CCN(c6ccc7c(c6)CN(C6CCC(=O)NC6=O)C7=O)CC5)CC4)c3)cn2)CC1. The summed E-state index contributed by atoms with van der Waals surface area (Å²) < 4.78 is 0. The van der Waals surface area contributed by atoms with Crippen molar-refractivity contribution in [1.29, 1.82) is 0 Å². The fourth-order valence-corrected chi connectivity index (χ4v) is 9.37. The quantitative estimate of drug-likeness (QED) is 0.286. The normalized spacial score (nSPS) is 24.7. The number of hydrogen-bond donors (Lipinski definition) is 3. The number of aromatic nitrogens is 2. The van der Waals surface area contributed by atoms with Gasteiger partial charge in [0.15, 0.2) is 0 Å². The molecule has 1 aliphatic carbocycles. The highest BCUT2D eigenvalue weighted by Gasteiger charge is 2.39. The number of imide groups is 1. The smallest absolute Gasteiger partial charge is 0.255 e. The molecule has 1 aromatic heterocycles. The minimum Gasteiger partial charge on any atom is -0.369 e. The van der Waals surface area contributed by atoms with Gasteiger partial charge in [-0.25, -0.2) is 9.97 Å². The zero-order valence-electron chi connectivity index (χ0n) is 30.8. The molecule has 0 bridgehead atoms. The second kappa shape index (κ2) is 15.3. The maximum absolute atomic E-state index is 13.4. The van der Waals surface area contributed by atoms with Gasteiger partial charge >= 0.3 is 0 Å². The molecule has 4 N–H and O–H groups in total. The number of amides is 4. The number of fused-ring (bicyclic) bond motifs is 1. The van der Waals surface area contributed by atoms with Crippen LogP contribution in [0.25, 0.3) is 0 Å². The van der Waals surface area contributed by atoms with Crippen LogP contribution in [0.3, 0.4) is 0 Å². The molecule has 4 fully saturated rings. The molecule has 2 aromatic carbocycles. The molecule has 1 atom stereocenters. The molecule has 284 valence electrons. The lowest BCUT2D eigenvalue weighted by atomic mass is 9.84. The lowest BCUT2D eigenvalue weighted by Crippen LogP contribution is -2.52. The summed E-state index contributed by atoms with van der Waals surface area (Å²) in [5, 5.41) is 6.36. The fraction of sp³-hybridized carbons (Fsp3) is 0.500. The van der Waals surface area contributed by atoms with Gasteiger partial charge in [-0.05, 0) is 93.8 Å². The Bertz CT molecular complexity index is 1900. The summed E-state index contributed by atoms with van der Waals surface area (Å²) in [5.41, 5.74) is 9.63. The fourth-order valence-electron chi connectivity index (χ4n) is 8.58. The minimum absolute atomic E-state index is 0.00181. The summed E-state index contributed by atoms with van der Waals surface area (Å²) in [4.78, 5) is 69.6. The molecule has 1 saturated carbocycles. The molecule has 8 rings (SSSR count). The van der Waals surface area contributed by atoms with Gasteiger partial charge in [-0.2, -0.15) is 0 Å². The van der Waals surface area contributed by atoms with Crippen molar-refractivity contribution in [3.63, 3.8) is 0 Å². The van der Waals surface area contributed by atoms with Crippen LogP contribution >= 0.6 is 11.8 Å². The van der Waals surface area contributed by atoms with Crippen LogP contribution in [-0.4, -0.2) is 100 Å². The van der Waals surface area contributed by atoms with E-state index in [0.717, 1.165) is 110 Å². The summed E-state index contributed by atoms with van der Waals surface area (Å²) in [6, 6.07) is 13.8. The van der Waals surface area contributed by atoms with Crippen molar-refractivity contribution in [2.45, 2.75) is 92.4 Å². The Morgan fingerprint density at radius 3 is 2.41 bits per heavy atom. The lowest BCUT2D eigenvalue weighted by molar-refractivity contribution is -0.137. The molecule has 0 spiro atoms. The maximum atomic E-state index is 13.4. The van der Waals surface area contributed by atoms with Gasteiger partial charge in [0, 0.05) is 91.6 Å². The van der Waals surface area contributed by atoms with Crippen molar-refractivity contribution < 1.29 is 19.2 Å². The van der Waals surface area contributed by atoms with Crippen LogP contribution in [0.2, 0.25) is 0 Å². The lowest BCUT2D eigenvalue weighted by Gasteiger charge is -2.42. The van der Waals surface area contributed by atoms with E-state index in [4.69, 9.17) is 5.73 Å². The Morgan fingerprint density at radius 1 is 0.907 bits per heavy atom. The van der Waals surface area contributed by atoms with E-state index in [-0.39, 0.29) is 41.5 Å². The Labute approximate surface area is 320 Å². The molecule has 13 nitrogen and oxygen atoms in total. The molecule has 3 saturated heterocycles. The van der Waals surface area contributed by atoms with Crippen LogP contribution in [0.4, 0.5) is 17.2 Å². The molecule has 14 heteroatoms. The van der Waals surface area contributed by atoms with Crippen LogP contribution < -0.4 is 26.2 Å². The summed E-state index contributed by atoms with van der Waals surface area (Å²) in [6.45, 7) is 7.93. The summed E-state index contributed by atoms with van der Waals surface area (Å²) in [6.07, 6.45) is 9.88. The van der Waals surface area contributed by atoms with Gasteiger partial charge in [0.2, 0.25) is 17.7 Å². The highest BCUT2D eigenvalue weighted by Crippen LogP contribution is 2.34. The number of hydrogen-bond acceptors (Lipinski definition) is 11. The van der Waals surface area contributed by atoms with Crippen LogP contribution in [0.15, 0.2) is 64.8 Å². The van der Waals surface area contributed by atoms with Crippen molar-refractivity contribution in [2.75, 3.05) is 54.4 Å². The second-order valence-electron chi connectivity index (χ2n) is 15.7. The first-order chi connectivity index (χ1) is 26.1. The second-order valence-corrected chi connectivity index (χ2v) is 16.8. The molecule has 3 aromatic rings. The minimum atomic E-state index is -0.606. The van der Waals surface area contributed by atoms with Gasteiger partial charge in [0.25, 0.3) is 5.91 Å². The van der Waals surface area contributed by atoms with E-state index in [1.165, 1.54) is 11.8 Å². The van der Waals surface area contributed by atoms with Crippen molar-refractivity contribution in [2.24, 2.45) is 11.7 Å². The Balaban J connectivity index is 0.783. The highest BCUT2D eigenvalue weighted by atomic mass is 32.2. The van der Waals surface area contributed by atoms with Gasteiger partial charge in [-0.1, -0.05) is 17.8 Å². The first-order valence-corrected chi connectivity index (χ1v) is 20.1. The van der Waals surface area contributed by atoms with Gasteiger partial charge in [-0.3, -0.25) is 29.4 Å². The van der Waals surface area contributed by atoms with E-state index < -0.39 is 6.04 Å². The average Bonchev–Trinajstić information content (AvgIpc) is 3.50. The number of nitrogens with one attached hydrogen (secondary N) is 2. The Kier molecular flexibility index (Phi) is 10.3. The predicted octanol–water partition coefficient (Wildman–Crippen LogP) is 4.03. The molecule has 54 heavy (non-hydrogen) atoms. The van der Waals surface area contributed by atoms with Crippen LogP contribution in [-0.2, 0) is 20.9 Å². The number of anilines is 3. The number of nitrogens with two attached hydrogens (primary N) is 1. The third-order valence-corrected chi connectivity index (χ3v) is 12.8. The number of nitrogens with zero attached hydrogens (tertiary/aromatic N) is 6. The topological polar surface area (TPSA) is 157 Å². The summed E-state index contributed by atoms with van der Waals surface area (Å²) in [5.74, 6) is 0.154. The standard InChI is InChI=1S/C40H49N9O4S/c1-40(41)13-15-48(16-14-40)34-23-43-36(24-42-34)54-31-4-2-3-28(22-31)44-37(51)26-5-7-29(8-6-26)46-17-19-47(20-18-46)30-9-10-32-27(21-30)25-49(39(32)53)33-11-12-35(50)45-38(33)52/h2-4,9-10,21-24,26,29,33H,5-8,11-20,25,41H2,1H3,(H,44,51)(H,45,50,52). The van der Waals surface area contributed by atoms with E-state index in [0.29, 0.717) is 24.6 Å². The largest absolute Gasteiger partial charge is 0.369 e. The van der Waals surface area contributed by atoms with Crippen molar-refractivity contribution >= 4 is 52.6 Å². The van der Waals surface area contributed by atoms with Gasteiger partial charge < -0.3 is 25.8 Å². The van der Waals surface area contributed by atoms with Crippen LogP contribution in [0.5, 0.6) is 0 Å². The number of rotatable bonds is 8. The first-order valence-electron chi connectivity index (χ1n) is 19.3. The predicted molar refractivity (Wildman–Crippen MR) is 207 cm³/mol. The number of carbonyl (C=O) groups is 4. The third kappa shape index (κ3) is 7.96. The van der Waals surface area contributed by atoms with Gasteiger partial charge in [0.1, 0.15) is 16.9 Å². The van der Waals surface area contributed by atoms with E-state index in [2.05, 4.69) is 48.3 Å². The zero-order chi connectivity index (χ0) is 37.4. The number of piperazine rings is 1. The molecular weight excluding hydrogens is 703 g/mol. The summed E-state index contributed by atoms with van der Waals surface area (Å²) >= 11 is 1.53. The van der Waals surface area contributed by atoms with Gasteiger partial charge in [-0.15, -0.1) is 0 Å². The Hall–Kier alpha value is -4.53. The monoisotopic (exact) mass is 751 g/mol. The van der Waals surface area contributed by atoms with E-state index >= 15 is 0 Å². The first kappa shape index (κ1) is 36.4. The maximum Gasteiger partial charge on any atom is 0.255 e. The van der Waals surface area contributed by atoms with E-state index in [1.54, 1.807) is 4.90 Å². The van der Waals surface area contributed by atoms with Crippen LogP contribution in [0, 0.1) is 5.92 Å². The van der Waals surface area contributed by atoms with Crippen molar-refractivity contribution in [3.8, 4) is 0 Å². The molecule has 4 amide bonds.